The van der Waals surface area contributed by atoms with Crippen LogP contribution in [0.4, 0.5) is 4.79 Å². The van der Waals surface area contributed by atoms with Crippen LogP contribution in [0.1, 0.15) is 44.3 Å². The molecule has 3 N–H and O–H groups in total. The van der Waals surface area contributed by atoms with E-state index in [1.165, 1.54) is 6.33 Å². The first-order valence-electron chi connectivity index (χ1n) is 8.85. The summed E-state index contributed by atoms with van der Waals surface area (Å²) in [5.41, 5.74) is 0.114. The molecule has 0 spiro atoms. The maximum Gasteiger partial charge on any atom is 0.315 e. The van der Waals surface area contributed by atoms with Crippen molar-refractivity contribution in [2.24, 2.45) is 0 Å². The van der Waals surface area contributed by atoms with E-state index >= 15 is 0 Å². The van der Waals surface area contributed by atoms with Gasteiger partial charge < -0.3 is 15.7 Å². The summed E-state index contributed by atoms with van der Waals surface area (Å²) in [4.78, 5) is 16.3. The minimum absolute atomic E-state index is 0.263. The monoisotopic (exact) mass is 343 g/mol. The van der Waals surface area contributed by atoms with Crippen molar-refractivity contribution in [2.75, 3.05) is 6.54 Å². The van der Waals surface area contributed by atoms with Crippen LogP contribution in [0.15, 0.2) is 36.7 Å². The number of urea groups is 1. The van der Waals surface area contributed by atoms with Crippen molar-refractivity contribution in [2.45, 2.75) is 50.7 Å². The number of carbonyl (C=O) groups excluding carboxylic acids is 1. The molecular weight excluding hydrogens is 318 g/mol. The molecule has 134 valence electrons. The fourth-order valence-electron chi connectivity index (χ4n) is 3.20. The smallest absolute Gasteiger partial charge is 0.315 e. The van der Waals surface area contributed by atoms with Crippen molar-refractivity contribution in [3.63, 3.8) is 0 Å². The zero-order valence-electron chi connectivity index (χ0n) is 14.3. The van der Waals surface area contributed by atoms with Gasteiger partial charge in [-0.15, -0.1) is 0 Å². The van der Waals surface area contributed by atoms with Crippen LogP contribution in [0, 0.1) is 0 Å². The highest BCUT2D eigenvalue weighted by molar-refractivity contribution is 5.73. The summed E-state index contributed by atoms with van der Waals surface area (Å²) in [5.74, 6) is 0.648. The lowest BCUT2D eigenvalue weighted by Gasteiger charge is -2.26. The van der Waals surface area contributed by atoms with Crippen molar-refractivity contribution >= 4 is 6.03 Å². The number of hydrogen-bond acceptors (Lipinski definition) is 4. The number of carbonyl (C=O) groups is 1. The average molecular weight is 343 g/mol. The van der Waals surface area contributed by atoms with E-state index < -0.39 is 5.60 Å². The fourth-order valence-corrected chi connectivity index (χ4v) is 3.20. The van der Waals surface area contributed by atoms with Gasteiger partial charge in [-0.1, -0.05) is 43.9 Å². The maximum atomic E-state index is 12.1. The molecule has 0 atom stereocenters. The molecule has 7 nitrogen and oxygen atoms in total. The van der Waals surface area contributed by atoms with Gasteiger partial charge in [-0.2, -0.15) is 5.10 Å². The van der Waals surface area contributed by atoms with E-state index in [1.807, 2.05) is 30.3 Å². The first kappa shape index (κ1) is 17.4. The molecule has 0 aliphatic heterocycles. The molecule has 2 aromatic rings. The molecule has 1 aromatic carbocycles. The summed E-state index contributed by atoms with van der Waals surface area (Å²) in [6.07, 6.45) is 7.30. The number of nitrogens with one attached hydrogen (secondary N) is 2. The average Bonchev–Trinajstić information content (AvgIpc) is 3.00. The van der Waals surface area contributed by atoms with Crippen LogP contribution in [0.25, 0.3) is 5.69 Å². The van der Waals surface area contributed by atoms with E-state index in [0.717, 1.165) is 44.2 Å². The predicted octanol–water partition coefficient (Wildman–Crippen LogP) is 2.15. The normalized spacial score (nSPS) is 16.8. The number of aromatic nitrogens is 3. The van der Waals surface area contributed by atoms with Crippen LogP contribution in [0.3, 0.4) is 0 Å². The molecule has 0 unspecified atom stereocenters. The zero-order chi connectivity index (χ0) is 17.5. The summed E-state index contributed by atoms with van der Waals surface area (Å²) >= 11 is 0. The van der Waals surface area contributed by atoms with E-state index in [1.54, 1.807) is 4.68 Å². The summed E-state index contributed by atoms with van der Waals surface area (Å²) in [6.45, 7) is 0.545. The molecule has 0 bridgehead atoms. The Bertz CT molecular complexity index is 678. The molecule has 3 rings (SSSR count). The quantitative estimate of drug-likeness (QED) is 0.725. The van der Waals surface area contributed by atoms with Crippen LogP contribution in [-0.4, -0.2) is 38.0 Å². The Morgan fingerprint density at radius 2 is 1.84 bits per heavy atom. The Balaban J connectivity index is 1.51. The number of aliphatic hydroxyl groups is 1. The van der Waals surface area contributed by atoms with E-state index in [0.29, 0.717) is 5.82 Å². The van der Waals surface area contributed by atoms with Gasteiger partial charge in [0.05, 0.1) is 17.8 Å². The van der Waals surface area contributed by atoms with Gasteiger partial charge in [-0.3, -0.25) is 0 Å². The minimum Gasteiger partial charge on any atom is -0.388 e. The Morgan fingerprint density at radius 3 is 2.56 bits per heavy atom. The van der Waals surface area contributed by atoms with E-state index in [4.69, 9.17) is 0 Å². The van der Waals surface area contributed by atoms with Crippen molar-refractivity contribution in [3.8, 4) is 5.69 Å². The zero-order valence-corrected chi connectivity index (χ0v) is 14.3. The number of rotatable bonds is 5. The largest absolute Gasteiger partial charge is 0.388 e. The lowest BCUT2D eigenvalue weighted by atomic mass is 9.95. The van der Waals surface area contributed by atoms with Gasteiger partial charge in [0.25, 0.3) is 0 Å². The first-order valence-corrected chi connectivity index (χ1v) is 8.85. The molecule has 7 heteroatoms. The fraction of sp³-hybridized carbons (Fsp3) is 0.500. The molecule has 0 radical (unpaired) electrons. The summed E-state index contributed by atoms with van der Waals surface area (Å²) in [5, 5.41) is 20.3. The van der Waals surface area contributed by atoms with Crippen molar-refractivity contribution in [1.82, 2.24) is 25.4 Å². The van der Waals surface area contributed by atoms with Gasteiger partial charge in [0.15, 0.2) is 5.82 Å². The second kappa shape index (κ2) is 8.11. The summed E-state index contributed by atoms with van der Waals surface area (Å²) < 4.78 is 1.69. The Morgan fingerprint density at radius 1 is 1.12 bits per heavy atom. The van der Waals surface area contributed by atoms with Gasteiger partial charge in [-0.05, 0) is 25.0 Å². The van der Waals surface area contributed by atoms with Crippen LogP contribution < -0.4 is 10.6 Å². The number of amides is 2. The molecule has 1 heterocycles. The van der Waals surface area contributed by atoms with Crippen molar-refractivity contribution in [1.29, 1.82) is 0 Å². The Hall–Kier alpha value is -2.41. The third-order valence-corrected chi connectivity index (χ3v) is 4.64. The van der Waals surface area contributed by atoms with Crippen LogP contribution >= 0.6 is 0 Å². The predicted molar refractivity (Wildman–Crippen MR) is 94.2 cm³/mol. The summed E-state index contributed by atoms with van der Waals surface area (Å²) in [7, 11) is 0. The Kier molecular flexibility index (Phi) is 5.65. The number of nitrogens with zero attached hydrogens (tertiary/aromatic N) is 3. The molecule has 1 aliphatic rings. The minimum atomic E-state index is -0.780. The van der Waals surface area contributed by atoms with Crippen molar-refractivity contribution in [3.05, 3.63) is 42.5 Å². The van der Waals surface area contributed by atoms with Crippen molar-refractivity contribution < 1.29 is 9.90 Å². The molecule has 1 aliphatic carbocycles. The van der Waals surface area contributed by atoms with Gasteiger partial charge in [0, 0.05) is 6.54 Å². The molecule has 1 saturated carbocycles. The van der Waals surface area contributed by atoms with Crippen LogP contribution in [0.5, 0.6) is 0 Å². The number of para-hydroxylation sites is 1. The third kappa shape index (κ3) is 4.79. The van der Waals surface area contributed by atoms with Gasteiger partial charge >= 0.3 is 6.03 Å². The van der Waals surface area contributed by atoms with Gasteiger partial charge in [0.1, 0.15) is 6.33 Å². The maximum absolute atomic E-state index is 12.1. The number of hydrogen-bond donors (Lipinski definition) is 3. The second-order valence-electron chi connectivity index (χ2n) is 6.60. The lowest BCUT2D eigenvalue weighted by molar-refractivity contribution is 0.0276. The van der Waals surface area contributed by atoms with Gasteiger partial charge in [-0.25, -0.2) is 14.5 Å². The lowest BCUT2D eigenvalue weighted by Crippen LogP contribution is -2.46. The molecular formula is C18H25N5O2. The van der Waals surface area contributed by atoms with E-state index in [-0.39, 0.29) is 19.1 Å². The highest BCUT2D eigenvalue weighted by atomic mass is 16.3. The highest BCUT2D eigenvalue weighted by Crippen LogP contribution is 2.26. The second-order valence-corrected chi connectivity index (χ2v) is 6.60. The molecule has 0 saturated heterocycles. The molecule has 2 amide bonds. The molecule has 1 aromatic heterocycles. The highest BCUT2D eigenvalue weighted by Gasteiger charge is 2.28. The van der Waals surface area contributed by atoms with E-state index in [2.05, 4.69) is 20.7 Å². The van der Waals surface area contributed by atoms with Crippen LogP contribution in [-0.2, 0) is 6.54 Å². The number of benzene rings is 1. The third-order valence-electron chi connectivity index (χ3n) is 4.64. The molecule has 25 heavy (non-hydrogen) atoms. The van der Waals surface area contributed by atoms with E-state index in [9.17, 15) is 9.90 Å². The Labute approximate surface area is 147 Å². The molecule has 1 fully saturated rings. The first-order chi connectivity index (χ1) is 12.2. The SMILES string of the molecule is O=C(NCc1ncnn1-c1ccccc1)NCC1(O)CCCCCC1. The van der Waals surface area contributed by atoms with Gasteiger partial charge in [0.2, 0.25) is 0 Å². The standard InChI is InChI=1S/C18H25N5O2/c24-17(20-13-18(25)10-6-1-2-7-11-18)19-12-16-21-14-22-23(16)15-8-4-3-5-9-15/h3-5,8-9,14,25H,1-2,6-7,10-13H2,(H2,19,20,24). The summed E-state index contributed by atoms with van der Waals surface area (Å²) in [6, 6.07) is 9.34. The topological polar surface area (TPSA) is 92.1 Å². The van der Waals surface area contributed by atoms with Crippen LogP contribution in [0.2, 0.25) is 0 Å².